The maximum atomic E-state index is 13.2. The number of H-pyrrole nitrogens is 1. The molecule has 1 atom stereocenters. The smallest absolute Gasteiger partial charge is 0.340 e. The molecule has 3 N–H and O–H groups in total. The Labute approximate surface area is 221 Å². The minimum absolute atomic E-state index is 0.0222. The van der Waals surface area contributed by atoms with E-state index in [1.54, 1.807) is 12.1 Å². The number of amidine groups is 1. The van der Waals surface area contributed by atoms with Crippen molar-refractivity contribution in [2.45, 2.75) is 52.6 Å². The van der Waals surface area contributed by atoms with Gasteiger partial charge in [-0.2, -0.15) is 0 Å². The molecule has 196 valence electrons. The zero-order chi connectivity index (χ0) is 27.1. The largest absolute Gasteiger partial charge is 0.454 e. The standard InChI is InChI=1S/C30H32N4O4/c1-4-6-14-27-32-25-13-9-12-24(28(25)33-27)30(36)37-26(5-2)21-17-15-20(16-18-21)22-10-7-8-11-23(22)29(31)34-38-19(3)35/h7-13,15-18,26H,4-6,14H2,1-3H3,(H2,31,34)(H,32,33). The van der Waals surface area contributed by atoms with Crippen molar-refractivity contribution in [2.75, 3.05) is 0 Å². The number of aromatic amines is 1. The number of hydrogen-bond acceptors (Lipinski definition) is 6. The number of ether oxygens (including phenoxy) is 1. The number of hydroxylamine groups is 1. The first-order valence-corrected chi connectivity index (χ1v) is 12.8. The van der Waals surface area contributed by atoms with Gasteiger partial charge < -0.3 is 14.6 Å². The second-order valence-electron chi connectivity index (χ2n) is 9.03. The van der Waals surface area contributed by atoms with E-state index >= 15 is 0 Å². The van der Waals surface area contributed by atoms with Gasteiger partial charge in [0, 0.05) is 18.9 Å². The van der Waals surface area contributed by atoms with E-state index in [1.807, 2.05) is 61.5 Å². The Morgan fingerprint density at radius 1 is 1.00 bits per heavy atom. The van der Waals surface area contributed by atoms with Crippen molar-refractivity contribution in [3.63, 3.8) is 0 Å². The fourth-order valence-electron chi connectivity index (χ4n) is 4.30. The summed E-state index contributed by atoms with van der Waals surface area (Å²) < 4.78 is 5.95. The molecule has 0 fully saturated rings. The van der Waals surface area contributed by atoms with Crippen molar-refractivity contribution < 1.29 is 19.2 Å². The Morgan fingerprint density at radius 3 is 2.45 bits per heavy atom. The van der Waals surface area contributed by atoms with Gasteiger partial charge in [0.1, 0.15) is 11.9 Å². The highest BCUT2D eigenvalue weighted by Crippen LogP contribution is 2.29. The second-order valence-corrected chi connectivity index (χ2v) is 9.03. The molecule has 0 bridgehead atoms. The van der Waals surface area contributed by atoms with Crippen molar-refractivity contribution in [3.8, 4) is 11.1 Å². The molecule has 0 aliphatic rings. The number of nitrogens with zero attached hydrogens (tertiary/aromatic N) is 1. The van der Waals surface area contributed by atoms with Crippen LogP contribution in [0.1, 0.15) is 73.4 Å². The van der Waals surface area contributed by atoms with E-state index < -0.39 is 18.0 Å². The molecule has 0 aliphatic heterocycles. The van der Waals surface area contributed by atoms with E-state index in [2.05, 4.69) is 22.4 Å². The normalized spacial score (nSPS) is 11.7. The van der Waals surface area contributed by atoms with E-state index in [0.717, 1.165) is 47.3 Å². The fourth-order valence-corrected chi connectivity index (χ4v) is 4.30. The fraction of sp³-hybridized carbons (Fsp3) is 0.267. The van der Waals surface area contributed by atoms with Crippen LogP contribution in [0, 0.1) is 5.41 Å². The highest BCUT2D eigenvalue weighted by molar-refractivity contribution is 6.03. The van der Waals surface area contributed by atoms with E-state index in [0.29, 0.717) is 23.1 Å². The van der Waals surface area contributed by atoms with Crippen LogP contribution in [0.2, 0.25) is 0 Å². The van der Waals surface area contributed by atoms with Gasteiger partial charge in [-0.15, -0.1) is 0 Å². The number of aryl methyl sites for hydroxylation is 1. The highest BCUT2D eigenvalue weighted by Gasteiger charge is 2.20. The number of hydrogen-bond donors (Lipinski definition) is 3. The van der Waals surface area contributed by atoms with E-state index in [-0.39, 0.29) is 5.84 Å². The summed E-state index contributed by atoms with van der Waals surface area (Å²) in [7, 11) is 0. The molecule has 0 aliphatic carbocycles. The van der Waals surface area contributed by atoms with Crippen molar-refractivity contribution in [1.29, 1.82) is 5.41 Å². The molecule has 0 saturated carbocycles. The van der Waals surface area contributed by atoms with Gasteiger partial charge in [-0.25, -0.2) is 15.3 Å². The summed E-state index contributed by atoms with van der Waals surface area (Å²) in [4.78, 5) is 37.0. The number of nitrogens with one attached hydrogen (secondary N) is 3. The maximum absolute atomic E-state index is 13.2. The Hall–Kier alpha value is -4.46. The lowest BCUT2D eigenvalue weighted by atomic mass is 9.96. The molecule has 3 aromatic carbocycles. The summed E-state index contributed by atoms with van der Waals surface area (Å²) in [6.45, 7) is 5.38. The SMILES string of the molecule is CCCCc1nc2cccc(C(=O)OC(CC)c3ccc(-c4ccccc4C(=N)NOC(C)=O)cc3)c2[nH]1. The molecule has 1 heterocycles. The number of rotatable bonds is 9. The summed E-state index contributed by atoms with van der Waals surface area (Å²) in [5.74, 6) is -0.0720. The molecule has 0 radical (unpaired) electrons. The maximum Gasteiger partial charge on any atom is 0.340 e. The Balaban J connectivity index is 1.52. The molecule has 8 heteroatoms. The van der Waals surface area contributed by atoms with Gasteiger partial charge in [0.2, 0.25) is 0 Å². The molecule has 4 rings (SSSR count). The van der Waals surface area contributed by atoms with Crippen LogP contribution in [0.5, 0.6) is 0 Å². The van der Waals surface area contributed by atoms with Gasteiger partial charge in [-0.05, 0) is 41.7 Å². The van der Waals surface area contributed by atoms with Crippen molar-refractivity contribution in [2.24, 2.45) is 0 Å². The topological polar surface area (TPSA) is 117 Å². The first kappa shape index (κ1) is 26.6. The van der Waals surface area contributed by atoms with Gasteiger partial charge in [0.15, 0.2) is 5.84 Å². The van der Waals surface area contributed by atoms with Crippen LogP contribution in [-0.4, -0.2) is 27.7 Å². The molecular formula is C30H32N4O4. The second kappa shape index (κ2) is 12.2. The molecule has 4 aromatic rings. The number of aromatic nitrogens is 2. The predicted octanol–water partition coefficient (Wildman–Crippen LogP) is 6.27. The third kappa shape index (κ3) is 6.08. The lowest BCUT2D eigenvalue weighted by molar-refractivity contribution is -0.145. The Morgan fingerprint density at radius 2 is 1.74 bits per heavy atom. The molecule has 0 saturated heterocycles. The quantitative estimate of drug-likeness (QED) is 0.105. The number of benzene rings is 3. The number of fused-ring (bicyclic) bond motifs is 1. The van der Waals surface area contributed by atoms with E-state index in [9.17, 15) is 9.59 Å². The lowest BCUT2D eigenvalue weighted by Gasteiger charge is -2.18. The zero-order valence-corrected chi connectivity index (χ0v) is 21.8. The zero-order valence-electron chi connectivity index (χ0n) is 21.8. The lowest BCUT2D eigenvalue weighted by Crippen LogP contribution is -2.26. The minimum Gasteiger partial charge on any atom is -0.454 e. The number of carbonyl (C=O) groups excluding carboxylic acids is 2. The van der Waals surface area contributed by atoms with Crippen LogP contribution in [-0.2, 0) is 20.8 Å². The average Bonchev–Trinajstić information content (AvgIpc) is 3.36. The molecule has 0 spiro atoms. The first-order valence-electron chi connectivity index (χ1n) is 12.8. The minimum atomic E-state index is -0.530. The summed E-state index contributed by atoms with van der Waals surface area (Å²) in [5.41, 5.74) is 7.45. The molecule has 38 heavy (non-hydrogen) atoms. The van der Waals surface area contributed by atoms with Gasteiger partial charge in [-0.1, -0.05) is 74.9 Å². The number of carbonyl (C=O) groups is 2. The van der Waals surface area contributed by atoms with Crippen molar-refractivity contribution in [1.82, 2.24) is 15.4 Å². The number of imidazole rings is 1. The van der Waals surface area contributed by atoms with Crippen molar-refractivity contribution in [3.05, 3.63) is 89.2 Å². The Bertz CT molecular complexity index is 1440. The molecule has 1 unspecified atom stereocenters. The third-order valence-corrected chi connectivity index (χ3v) is 6.26. The van der Waals surface area contributed by atoms with Gasteiger partial charge in [0.05, 0.1) is 16.6 Å². The number of unbranched alkanes of at least 4 members (excludes halogenated alkanes) is 1. The monoisotopic (exact) mass is 512 g/mol. The van der Waals surface area contributed by atoms with Gasteiger partial charge >= 0.3 is 11.9 Å². The van der Waals surface area contributed by atoms with Gasteiger partial charge in [0.25, 0.3) is 0 Å². The number of para-hydroxylation sites is 1. The third-order valence-electron chi connectivity index (χ3n) is 6.26. The number of esters is 1. The van der Waals surface area contributed by atoms with Crippen LogP contribution >= 0.6 is 0 Å². The summed E-state index contributed by atoms with van der Waals surface area (Å²) >= 11 is 0. The summed E-state index contributed by atoms with van der Waals surface area (Å²) in [6, 6.07) is 20.6. The van der Waals surface area contributed by atoms with Crippen LogP contribution < -0.4 is 5.48 Å². The molecule has 1 aromatic heterocycles. The van der Waals surface area contributed by atoms with Gasteiger partial charge in [-0.3, -0.25) is 10.2 Å². The van der Waals surface area contributed by atoms with Crippen LogP contribution in [0.25, 0.3) is 22.2 Å². The van der Waals surface area contributed by atoms with Crippen LogP contribution in [0.4, 0.5) is 0 Å². The van der Waals surface area contributed by atoms with Crippen LogP contribution in [0.3, 0.4) is 0 Å². The molecule has 8 nitrogen and oxygen atoms in total. The molecular weight excluding hydrogens is 480 g/mol. The summed E-state index contributed by atoms with van der Waals surface area (Å²) in [5, 5.41) is 8.25. The average molecular weight is 513 g/mol. The van der Waals surface area contributed by atoms with E-state index in [4.69, 9.17) is 15.0 Å². The van der Waals surface area contributed by atoms with Crippen LogP contribution in [0.15, 0.2) is 66.7 Å². The van der Waals surface area contributed by atoms with Crippen molar-refractivity contribution >= 4 is 28.8 Å². The Kier molecular flexibility index (Phi) is 8.53. The van der Waals surface area contributed by atoms with E-state index in [1.165, 1.54) is 6.92 Å². The predicted molar refractivity (Wildman–Crippen MR) is 147 cm³/mol. The first-order chi connectivity index (χ1) is 18.4. The highest BCUT2D eigenvalue weighted by atomic mass is 16.7. The molecule has 0 amide bonds. The summed E-state index contributed by atoms with van der Waals surface area (Å²) in [6.07, 6.45) is 3.13.